The summed E-state index contributed by atoms with van der Waals surface area (Å²) < 4.78 is 1.02. The molecule has 0 bridgehead atoms. The fraction of sp³-hybridized carbons (Fsp3) is 0.118. The van der Waals surface area contributed by atoms with Crippen molar-refractivity contribution in [1.82, 2.24) is 10.3 Å². The van der Waals surface area contributed by atoms with Gasteiger partial charge in [-0.05, 0) is 54.6 Å². The van der Waals surface area contributed by atoms with Crippen molar-refractivity contribution in [3.05, 3.63) is 75.4 Å². The second-order valence-electron chi connectivity index (χ2n) is 4.84. The second-order valence-corrected chi connectivity index (χ2v) is 6.17. The van der Waals surface area contributed by atoms with Gasteiger partial charge in [0.15, 0.2) is 0 Å². The van der Waals surface area contributed by atoms with E-state index in [1.807, 2.05) is 37.5 Å². The van der Waals surface area contributed by atoms with Crippen LogP contribution in [0.4, 0.5) is 0 Å². The number of nitrogens with zero attached hydrogens (tertiary/aromatic N) is 1. The molecular weight excluding hydrogens is 348 g/mol. The monoisotopic (exact) mass is 360 g/mol. The largest absolute Gasteiger partial charge is 0.309 e. The molecule has 2 nitrogen and oxygen atoms in total. The van der Waals surface area contributed by atoms with E-state index in [0.29, 0.717) is 0 Å². The molecule has 0 radical (unpaired) electrons. The van der Waals surface area contributed by atoms with Crippen LogP contribution in [0.15, 0.2) is 59.2 Å². The molecule has 0 aliphatic rings. The average molecular weight is 362 g/mol. The number of fused-ring (bicyclic) bond motifs is 1. The predicted octanol–water partition coefficient (Wildman–Crippen LogP) is 4.96. The maximum Gasteiger partial charge on any atom is 0.0702 e. The Bertz CT molecular complexity index is 789. The highest BCUT2D eigenvalue weighted by Crippen LogP contribution is 2.31. The summed E-state index contributed by atoms with van der Waals surface area (Å²) in [4.78, 5) is 4.36. The van der Waals surface area contributed by atoms with Gasteiger partial charge in [0.05, 0.1) is 11.6 Å². The summed E-state index contributed by atoms with van der Waals surface area (Å²) in [5.41, 5.74) is 3.21. The summed E-state index contributed by atoms with van der Waals surface area (Å²) in [5.74, 6) is 0. The van der Waals surface area contributed by atoms with E-state index in [2.05, 4.69) is 50.5 Å². The Hall–Kier alpha value is -1.42. The van der Waals surface area contributed by atoms with Crippen LogP contribution >= 0.6 is 27.5 Å². The van der Waals surface area contributed by atoms with E-state index in [1.165, 1.54) is 0 Å². The smallest absolute Gasteiger partial charge is 0.0702 e. The van der Waals surface area contributed by atoms with E-state index in [0.717, 1.165) is 31.5 Å². The summed E-state index contributed by atoms with van der Waals surface area (Å²) in [7, 11) is 1.94. The number of hydrogen-bond acceptors (Lipinski definition) is 2. The Morgan fingerprint density at radius 1 is 1.14 bits per heavy atom. The SMILES string of the molecule is CNC(c1ccc2ncccc2c1)c1cc(Br)ccc1Cl. The van der Waals surface area contributed by atoms with Crippen molar-refractivity contribution in [1.29, 1.82) is 0 Å². The Labute approximate surface area is 137 Å². The van der Waals surface area contributed by atoms with E-state index < -0.39 is 0 Å². The predicted molar refractivity (Wildman–Crippen MR) is 91.8 cm³/mol. The van der Waals surface area contributed by atoms with Gasteiger partial charge < -0.3 is 5.32 Å². The quantitative estimate of drug-likeness (QED) is 0.713. The number of hydrogen-bond donors (Lipinski definition) is 1. The normalized spacial score (nSPS) is 12.5. The number of rotatable bonds is 3. The van der Waals surface area contributed by atoms with Crippen LogP contribution in [0, 0.1) is 0 Å². The van der Waals surface area contributed by atoms with Crippen LogP contribution in [0.2, 0.25) is 5.02 Å². The molecule has 1 heterocycles. The fourth-order valence-corrected chi connectivity index (χ4v) is 3.12. The standard InChI is InChI=1S/C17H14BrClN2/c1-20-17(14-10-13(18)5-6-15(14)19)12-4-7-16-11(9-12)3-2-8-21-16/h2-10,17,20H,1H3. The van der Waals surface area contributed by atoms with E-state index >= 15 is 0 Å². The molecule has 0 aliphatic heterocycles. The first-order chi connectivity index (χ1) is 10.2. The molecule has 0 saturated heterocycles. The summed E-state index contributed by atoms with van der Waals surface area (Å²) in [6, 6.07) is 16.3. The van der Waals surface area contributed by atoms with Crippen LogP contribution in [0.25, 0.3) is 10.9 Å². The van der Waals surface area contributed by atoms with Gasteiger partial charge in [-0.25, -0.2) is 0 Å². The van der Waals surface area contributed by atoms with Crippen molar-refractivity contribution >= 4 is 38.4 Å². The molecule has 1 unspecified atom stereocenters. The van der Waals surface area contributed by atoms with Crippen molar-refractivity contribution in [3.8, 4) is 0 Å². The third-order valence-electron chi connectivity index (χ3n) is 3.52. The third kappa shape index (κ3) is 2.95. The van der Waals surface area contributed by atoms with Gasteiger partial charge in [0.25, 0.3) is 0 Å². The highest BCUT2D eigenvalue weighted by molar-refractivity contribution is 9.10. The first-order valence-electron chi connectivity index (χ1n) is 6.66. The van der Waals surface area contributed by atoms with Crippen molar-refractivity contribution in [2.75, 3.05) is 7.05 Å². The van der Waals surface area contributed by atoms with E-state index in [9.17, 15) is 0 Å². The van der Waals surface area contributed by atoms with Crippen molar-refractivity contribution in [2.24, 2.45) is 0 Å². The second kappa shape index (κ2) is 6.14. The summed E-state index contributed by atoms with van der Waals surface area (Å²) >= 11 is 9.87. The van der Waals surface area contributed by atoms with Crippen molar-refractivity contribution in [2.45, 2.75) is 6.04 Å². The van der Waals surface area contributed by atoms with Gasteiger partial charge in [0.1, 0.15) is 0 Å². The third-order valence-corrected chi connectivity index (χ3v) is 4.36. The maximum absolute atomic E-state index is 6.36. The summed E-state index contributed by atoms with van der Waals surface area (Å²) in [6.07, 6.45) is 1.81. The molecule has 0 amide bonds. The summed E-state index contributed by atoms with van der Waals surface area (Å²) in [5, 5.41) is 5.22. The summed E-state index contributed by atoms with van der Waals surface area (Å²) in [6.45, 7) is 0. The van der Waals surface area contributed by atoms with E-state index in [4.69, 9.17) is 11.6 Å². The van der Waals surface area contributed by atoms with Gasteiger partial charge in [-0.15, -0.1) is 0 Å². The molecule has 1 aromatic heterocycles. The number of halogens is 2. The highest BCUT2D eigenvalue weighted by atomic mass is 79.9. The maximum atomic E-state index is 6.36. The molecule has 0 fully saturated rings. The Morgan fingerprint density at radius 3 is 2.81 bits per heavy atom. The van der Waals surface area contributed by atoms with Crippen LogP contribution in [0.3, 0.4) is 0 Å². The molecule has 1 N–H and O–H groups in total. The molecule has 0 aliphatic carbocycles. The molecule has 0 spiro atoms. The molecule has 3 aromatic rings. The Morgan fingerprint density at radius 2 is 2.00 bits per heavy atom. The lowest BCUT2D eigenvalue weighted by Crippen LogP contribution is -2.18. The number of pyridine rings is 1. The Kier molecular flexibility index (Phi) is 4.24. The van der Waals surface area contributed by atoms with Gasteiger partial charge in [-0.2, -0.15) is 0 Å². The lowest BCUT2D eigenvalue weighted by atomic mass is 9.97. The zero-order chi connectivity index (χ0) is 14.8. The first-order valence-corrected chi connectivity index (χ1v) is 7.83. The number of aromatic nitrogens is 1. The molecule has 2 aromatic carbocycles. The average Bonchev–Trinajstić information content (AvgIpc) is 2.51. The van der Waals surface area contributed by atoms with Gasteiger partial charge >= 0.3 is 0 Å². The van der Waals surface area contributed by atoms with Crippen molar-refractivity contribution < 1.29 is 0 Å². The molecule has 4 heteroatoms. The Balaban J connectivity index is 2.11. The van der Waals surface area contributed by atoms with Crippen LogP contribution < -0.4 is 5.32 Å². The minimum Gasteiger partial charge on any atom is -0.309 e. The topological polar surface area (TPSA) is 24.9 Å². The van der Waals surface area contributed by atoms with Gasteiger partial charge in [-0.3, -0.25) is 4.98 Å². The fourth-order valence-electron chi connectivity index (χ4n) is 2.51. The van der Waals surface area contributed by atoms with Crippen LogP contribution in [0.5, 0.6) is 0 Å². The number of nitrogens with one attached hydrogen (secondary N) is 1. The zero-order valence-electron chi connectivity index (χ0n) is 11.5. The minimum absolute atomic E-state index is 0.0413. The van der Waals surface area contributed by atoms with E-state index in [-0.39, 0.29) is 6.04 Å². The molecular formula is C17H14BrClN2. The minimum atomic E-state index is 0.0413. The number of benzene rings is 2. The molecule has 3 rings (SSSR count). The van der Waals surface area contributed by atoms with Crippen LogP contribution in [-0.2, 0) is 0 Å². The van der Waals surface area contributed by atoms with Crippen LogP contribution in [-0.4, -0.2) is 12.0 Å². The zero-order valence-corrected chi connectivity index (χ0v) is 13.8. The van der Waals surface area contributed by atoms with Gasteiger partial charge in [-0.1, -0.05) is 39.7 Å². The molecule has 106 valence electrons. The first kappa shape index (κ1) is 14.5. The lowest BCUT2D eigenvalue weighted by Gasteiger charge is -2.19. The molecule has 0 saturated carbocycles. The van der Waals surface area contributed by atoms with Gasteiger partial charge in [0, 0.05) is 21.1 Å². The van der Waals surface area contributed by atoms with Crippen molar-refractivity contribution in [3.63, 3.8) is 0 Å². The lowest BCUT2D eigenvalue weighted by molar-refractivity contribution is 0.692. The van der Waals surface area contributed by atoms with Crippen LogP contribution in [0.1, 0.15) is 17.2 Å². The van der Waals surface area contributed by atoms with Gasteiger partial charge in [0.2, 0.25) is 0 Å². The van der Waals surface area contributed by atoms with E-state index in [1.54, 1.807) is 0 Å². The molecule has 1 atom stereocenters. The highest BCUT2D eigenvalue weighted by Gasteiger charge is 2.16. The molecule has 21 heavy (non-hydrogen) atoms.